The Hall–Kier alpha value is 1.47. The fourth-order valence-electron chi connectivity index (χ4n) is 3.68. The molecule has 5 heterocycles. The maximum Gasteiger partial charge on any atom is 0.184 e. The van der Waals surface area contributed by atoms with Crippen LogP contribution < -0.4 is 0 Å². The molecule has 1 radical (unpaired) electrons. The number of ether oxygens (including phenoxy) is 4. The first-order valence-corrected chi connectivity index (χ1v) is 8.86. The van der Waals surface area contributed by atoms with E-state index in [0.29, 0.717) is 13.0 Å². The first kappa shape index (κ1) is 26.5. The largest absolute Gasteiger partial charge is 0.390 e. The number of hydrogen-bond donors (Lipinski definition) is 4. The minimum atomic E-state index is -1.33. The van der Waals surface area contributed by atoms with Crippen molar-refractivity contribution in [2.45, 2.75) is 81.0 Å². The van der Waals surface area contributed by atoms with Crippen LogP contribution in [0.4, 0.5) is 0 Å². The van der Waals surface area contributed by atoms with Crippen molar-refractivity contribution < 1.29 is 93.1 Å². The zero-order valence-electron chi connectivity index (χ0n) is 15.1. The molecule has 5 fully saturated rings. The van der Waals surface area contributed by atoms with E-state index in [9.17, 15) is 20.4 Å². The zero-order valence-corrected chi connectivity index (χ0v) is 20.9. The molecule has 4 N–H and O–H groups in total. The first-order chi connectivity index (χ1) is 11.9. The summed E-state index contributed by atoms with van der Waals surface area (Å²) in [5.41, 5.74) is 0. The van der Waals surface area contributed by atoms with E-state index in [1.54, 1.807) is 0 Å². The molecule has 0 aromatic heterocycles. The van der Waals surface area contributed by atoms with Crippen LogP contribution in [0.15, 0.2) is 0 Å². The molecule has 155 valence electrons. The third-order valence-corrected chi connectivity index (χ3v) is 5.25. The van der Waals surface area contributed by atoms with E-state index >= 15 is 0 Å². The Bertz CT molecular complexity index is 447. The van der Waals surface area contributed by atoms with E-state index in [-0.39, 0.29) is 59.7 Å². The Labute approximate surface area is 199 Å². The smallest absolute Gasteiger partial charge is 0.184 e. The van der Waals surface area contributed by atoms with Crippen molar-refractivity contribution in [1.82, 2.24) is 0 Å². The molecule has 4 unspecified atom stereocenters. The summed E-state index contributed by atoms with van der Waals surface area (Å²) in [5.74, 6) is -0.306. The number of fused-ring (bicyclic) bond motifs is 2. The van der Waals surface area contributed by atoms with Gasteiger partial charge in [-0.3, -0.25) is 0 Å². The van der Waals surface area contributed by atoms with Gasteiger partial charge >= 0.3 is 0 Å². The van der Waals surface area contributed by atoms with Gasteiger partial charge in [0.15, 0.2) is 12.6 Å². The van der Waals surface area contributed by atoms with Crippen LogP contribution in [-0.2, 0) is 72.7 Å². The molecule has 0 aliphatic carbocycles. The molecule has 0 aromatic carbocycles. The maximum atomic E-state index is 10.4. The predicted molar refractivity (Wildman–Crippen MR) is 84.8 cm³/mol. The number of rotatable bonds is 0. The van der Waals surface area contributed by atoms with Gasteiger partial charge in [-0.25, -0.2) is 0 Å². The van der Waals surface area contributed by atoms with Gasteiger partial charge in [-0.15, -0.1) is 0 Å². The Balaban J connectivity index is 0.00000182. The van der Waals surface area contributed by atoms with Crippen molar-refractivity contribution in [2.75, 3.05) is 6.61 Å². The Kier molecular flexibility index (Phi) is 11.5. The summed E-state index contributed by atoms with van der Waals surface area (Å²) in [6.07, 6.45) is -6.58. The summed E-state index contributed by atoms with van der Waals surface area (Å²) in [6.45, 7) is 8.07. The molecule has 5 saturated heterocycles. The Morgan fingerprint density at radius 2 is 1.33 bits per heavy atom. The van der Waals surface area contributed by atoms with Crippen LogP contribution in [0.5, 0.6) is 0 Å². The first-order valence-electron chi connectivity index (χ1n) is 8.86. The van der Waals surface area contributed by atoms with E-state index in [1.165, 1.54) is 0 Å². The average molecular weight is 633 g/mol. The van der Waals surface area contributed by atoms with Gasteiger partial charge in [0, 0.05) is 60.4 Å². The second-order valence-corrected chi connectivity index (χ2v) is 7.03. The van der Waals surface area contributed by atoms with Gasteiger partial charge in [0.25, 0.3) is 0 Å². The van der Waals surface area contributed by atoms with Crippen molar-refractivity contribution in [2.24, 2.45) is 5.92 Å². The van der Waals surface area contributed by atoms with Crippen LogP contribution >= 0.6 is 0 Å². The van der Waals surface area contributed by atoms with Gasteiger partial charge < -0.3 is 53.2 Å². The Morgan fingerprint density at radius 1 is 0.704 bits per heavy atom. The average Bonchev–Trinajstić information content (AvgIpc) is 2.58. The normalized spacial score (nSPS) is 48.7. The zero-order chi connectivity index (χ0) is 18.1. The number of aliphatic hydroxyl groups excluding tert-OH is 4. The molecule has 5 rings (SSSR count). The van der Waals surface area contributed by atoms with Gasteiger partial charge in [-0.2, -0.15) is 0 Å². The van der Waals surface area contributed by atoms with Crippen LogP contribution in [0.2, 0.25) is 0 Å². The quantitative estimate of drug-likeness (QED) is 0.255. The van der Waals surface area contributed by atoms with E-state index < -0.39 is 55.3 Å². The maximum absolute atomic E-state index is 10.4. The minimum absolute atomic E-state index is 0. The van der Waals surface area contributed by atoms with Crippen LogP contribution in [0.1, 0.15) is 25.7 Å². The van der Waals surface area contributed by atoms with Crippen LogP contribution in [-0.4, -0.2) is 82.3 Å². The van der Waals surface area contributed by atoms with E-state index in [1.807, 2.05) is 0 Å². The second-order valence-electron chi connectivity index (χ2n) is 7.03. The molecule has 27 heavy (non-hydrogen) atoms. The van der Waals surface area contributed by atoms with Crippen LogP contribution in [0.3, 0.4) is 0 Å². The molecule has 8 nitrogen and oxygen atoms in total. The summed E-state index contributed by atoms with van der Waals surface area (Å²) in [4.78, 5) is 0. The van der Waals surface area contributed by atoms with Crippen molar-refractivity contribution in [3.63, 3.8) is 0 Å². The van der Waals surface area contributed by atoms with Gasteiger partial charge in [0.1, 0.15) is 18.3 Å². The molecule has 10 heteroatoms. The third kappa shape index (κ3) is 6.01. The van der Waals surface area contributed by atoms with Gasteiger partial charge in [0.2, 0.25) is 0 Å². The minimum Gasteiger partial charge on any atom is -0.390 e. The molecule has 0 amide bonds. The third-order valence-electron chi connectivity index (χ3n) is 5.25. The number of aliphatic hydroxyl groups is 4. The molecule has 0 saturated carbocycles. The van der Waals surface area contributed by atoms with Crippen molar-refractivity contribution in [3.05, 3.63) is 13.8 Å². The predicted octanol–water partition coefficient (Wildman–Crippen LogP) is -0.865. The molecule has 4 bridgehead atoms. The van der Waals surface area contributed by atoms with E-state index in [4.69, 9.17) is 18.9 Å². The fraction of sp³-hybridized carbons (Fsp3) is 0.882. The molecular weight excluding hydrogens is 605 g/mol. The van der Waals surface area contributed by atoms with Gasteiger partial charge in [-0.1, -0.05) is 18.9 Å². The Morgan fingerprint density at radius 3 is 2.04 bits per heavy atom. The molecule has 5 aliphatic heterocycles. The van der Waals surface area contributed by atoms with Crippen molar-refractivity contribution >= 4 is 0 Å². The summed E-state index contributed by atoms with van der Waals surface area (Å²) in [7, 11) is 0. The summed E-state index contributed by atoms with van der Waals surface area (Å²) >= 11 is 0. The molecule has 5 aliphatic rings. The molecule has 0 aromatic rings. The fourth-order valence-corrected chi connectivity index (χ4v) is 3.68. The van der Waals surface area contributed by atoms with Crippen LogP contribution in [0.25, 0.3) is 0 Å². The van der Waals surface area contributed by atoms with E-state index in [2.05, 4.69) is 13.8 Å². The standard InChI is InChI=1S/C17H28O8.W.Y/c1-8-10-6-4-3-5-7-22-16-14(21)12(19)15(9(2)24-16)25-17(23-8)13(20)11(10)18;;/h8-21H,1-7H2;;/q-2;;/t8?,9?,10?,11-,12+,13+,14+,15?,16+,17-;;/m0../s1. The van der Waals surface area contributed by atoms with Gasteiger partial charge in [-0.05, 0) is 24.9 Å². The van der Waals surface area contributed by atoms with Crippen molar-refractivity contribution in [1.29, 1.82) is 0 Å². The van der Waals surface area contributed by atoms with E-state index in [0.717, 1.165) is 19.3 Å². The summed E-state index contributed by atoms with van der Waals surface area (Å²) in [6, 6.07) is 0. The number of hydrogen-bond acceptors (Lipinski definition) is 8. The topological polar surface area (TPSA) is 118 Å². The SMILES string of the molecule is [CH2-]C1O[C@H]2OC3C([CH2-])O[C@@H](OCCCCCC1[C@H](O)[C@H]2O)[C@H](O)[C@H]3O.[W].[Y]. The molecule has 0 spiro atoms. The molecular formula is C17H28O8WY-2. The summed E-state index contributed by atoms with van der Waals surface area (Å²) < 4.78 is 22.3. The van der Waals surface area contributed by atoms with Crippen molar-refractivity contribution in [3.8, 4) is 0 Å². The summed E-state index contributed by atoms with van der Waals surface area (Å²) in [5, 5.41) is 41.4. The monoisotopic (exact) mass is 633 g/mol. The second kappa shape index (κ2) is 11.8. The molecule has 10 atom stereocenters. The van der Waals surface area contributed by atoms with Crippen LogP contribution in [0, 0.1) is 19.8 Å². The van der Waals surface area contributed by atoms with Gasteiger partial charge in [0.05, 0.1) is 12.2 Å².